The van der Waals surface area contributed by atoms with Gasteiger partial charge < -0.3 is 10.1 Å². The summed E-state index contributed by atoms with van der Waals surface area (Å²) < 4.78 is 5.98. The van der Waals surface area contributed by atoms with Gasteiger partial charge in [0.2, 0.25) is 0 Å². The monoisotopic (exact) mass is 302 g/mol. The average molecular weight is 302 g/mol. The molecule has 4 heteroatoms. The summed E-state index contributed by atoms with van der Waals surface area (Å²) in [5.74, 6) is 2.20. The maximum atomic E-state index is 5.98. The summed E-state index contributed by atoms with van der Waals surface area (Å²) in [6.07, 6.45) is 3.20. The molecule has 21 heavy (non-hydrogen) atoms. The van der Waals surface area contributed by atoms with E-state index in [0.29, 0.717) is 12.1 Å². The van der Waals surface area contributed by atoms with Gasteiger partial charge in [0.15, 0.2) is 0 Å². The summed E-state index contributed by atoms with van der Waals surface area (Å²) in [5, 5.41) is 4.86. The Balaban J connectivity index is 1.83. The molecule has 2 aromatic rings. The molecule has 1 aromatic carbocycles. The predicted molar refractivity (Wildman–Crippen MR) is 90.0 cm³/mol. The fourth-order valence-corrected chi connectivity index (χ4v) is 3.85. The van der Waals surface area contributed by atoms with Gasteiger partial charge in [-0.2, -0.15) is 11.8 Å². The van der Waals surface area contributed by atoms with Gasteiger partial charge in [-0.1, -0.05) is 25.1 Å². The van der Waals surface area contributed by atoms with Crippen LogP contribution in [-0.2, 0) is 11.2 Å². The molecule has 1 saturated heterocycles. The fourth-order valence-electron chi connectivity index (χ4n) is 2.91. The van der Waals surface area contributed by atoms with Crippen molar-refractivity contribution >= 4 is 22.7 Å². The van der Waals surface area contributed by atoms with Crippen LogP contribution in [0.2, 0.25) is 0 Å². The lowest BCUT2D eigenvalue weighted by atomic mass is 9.98. The highest BCUT2D eigenvalue weighted by atomic mass is 32.2. The first-order valence-corrected chi connectivity index (χ1v) is 8.79. The molecule has 1 aliphatic rings. The summed E-state index contributed by atoms with van der Waals surface area (Å²) in [7, 11) is 0. The number of pyridine rings is 1. The van der Waals surface area contributed by atoms with Crippen LogP contribution in [0.15, 0.2) is 36.5 Å². The molecule has 1 aliphatic heterocycles. The molecule has 2 unspecified atom stereocenters. The molecular weight excluding hydrogens is 280 g/mol. The summed E-state index contributed by atoms with van der Waals surface area (Å²) in [6.45, 7) is 4.00. The van der Waals surface area contributed by atoms with E-state index in [1.165, 1.54) is 10.9 Å². The van der Waals surface area contributed by atoms with Crippen LogP contribution in [0.5, 0.6) is 0 Å². The number of para-hydroxylation sites is 1. The molecule has 2 heterocycles. The van der Waals surface area contributed by atoms with Crippen molar-refractivity contribution in [1.29, 1.82) is 0 Å². The Kier molecular flexibility index (Phi) is 5.12. The Bertz CT molecular complexity index is 579. The van der Waals surface area contributed by atoms with E-state index in [4.69, 9.17) is 4.74 Å². The van der Waals surface area contributed by atoms with Gasteiger partial charge in [0.1, 0.15) is 0 Å². The molecule has 1 N–H and O–H groups in total. The number of rotatable bonds is 5. The first-order valence-electron chi connectivity index (χ1n) is 7.64. The topological polar surface area (TPSA) is 34.2 Å². The van der Waals surface area contributed by atoms with Crippen molar-refractivity contribution in [2.24, 2.45) is 0 Å². The number of hydrogen-bond donors (Lipinski definition) is 1. The van der Waals surface area contributed by atoms with Gasteiger partial charge in [-0.25, -0.2) is 0 Å². The minimum atomic E-state index is 0.302. The highest BCUT2D eigenvalue weighted by Gasteiger charge is 2.24. The van der Waals surface area contributed by atoms with Crippen molar-refractivity contribution in [2.45, 2.75) is 25.5 Å². The lowest BCUT2D eigenvalue weighted by molar-refractivity contribution is 0.0477. The maximum absolute atomic E-state index is 5.98. The number of benzene rings is 1. The van der Waals surface area contributed by atoms with Gasteiger partial charge in [0.25, 0.3) is 0 Å². The van der Waals surface area contributed by atoms with Crippen LogP contribution in [0.4, 0.5) is 0 Å². The van der Waals surface area contributed by atoms with Gasteiger partial charge in [0, 0.05) is 29.1 Å². The van der Waals surface area contributed by atoms with Crippen LogP contribution in [0.1, 0.15) is 12.5 Å². The number of thioether (sulfide) groups is 1. The van der Waals surface area contributed by atoms with E-state index in [1.54, 1.807) is 0 Å². The Hall–Kier alpha value is -1.10. The van der Waals surface area contributed by atoms with Crippen molar-refractivity contribution in [2.75, 3.05) is 24.7 Å². The van der Waals surface area contributed by atoms with Gasteiger partial charge in [0.05, 0.1) is 18.2 Å². The molecule has 0 amide bonds. The predicted octanol–water partition coefficient (Wildman–Crippen LogP) is 2.89. The normalized spacial score (nSPS) is 20.5. The first-order chi connectivity index (χ1) is 10.4. The van der Waals surface area contributed by atoms with Crippen molar-refractivity contribution in [3.63, 3.8) is 0 Å². The van der Waals surface area contributed by atoms with Crippen LogP contribution in [-0.4, -0.2) is 41.8 Å². The van der Waals surface area contributed by atoms with E-state index < -0.39 is 0 Å². The second-order valence-corrected chi connectivity index (χ2v) is 6.49. The summed E-state index contributed by atoms with van der Waals surface area (Å²) in [4.78, 5) is 4.45. The zero-order valence-electron chi connectivity index (χ0n) is 12.4. The Morgan fingerprint density at radius 3 is 3.10 bits per heavy atom. The van der Waals surface area contributed by atoms with Gasteiger partial charge in [-0.15, -0.1) is 0 Å². The van der Waals surface area contributed by atoms with E-state index in [2.05, 4.69) is 41.5 Å². The van der Waals surface area contributed by atoms with Crippen LogP contribution >= 0.6 is 11.8 Å². The second kappa shape index (κ2) is 7.25. The summed E-state index contributed by atoms with van der Waals surface area (Å²) in [5.41, 5.74) is 2.43. The van der Waals surface area contributed by atoms with E-state index in [-0.39, 0.29) is 0 Å². The number of aromatic nitrogens is 1. The molecule has 1 aromatic heterocycles. The highest BCUT2D eigenvalue weighted by Crippen LogP contribution is 2.22. The lowest BCUT2D eigenvalue weighted by Crippen LogP contribution is -2.46. The van der Waals surface area contributed by atoms with Crippen molar-refractivity contribution < 1.29 is 4.74 Å². The van der Waals surface area contributed by atoms with Crippen molar-refractivity contribution in [1.82, 2.24) is 10.3 Å². The SMILES string of the molecule is CCNC(Cc1ccnc2ccccc12)C1CSCCO1. The smallest absolute Gasteiger partial charge is 0.0821 e. The third-order valence-corrected chi connectivity index (χ3v) is 4.96. The third kappa shape index (κ3) is 3.57. The highest BCUT2D eigenvalue weighted by molar-refractivity contribution is 7.99. The molecular formula is C17H22N2OS. The number of ether oxygens (including phenoxy) is 1. The molecule has 0 radical (unpaired) electrons. The van der Waals surface area contributed by atoms with Gasteiger partial charge in [-0.05, 0) is 30.7 Å². The molecule has 3 rings (SSSR count). The van der Waals surface area contributed by atoms with Crippen LogP contribution < -0.4 is 5.32 Å². The summed E-state index contributed by atoms with van der Waals surface area (Å²) >= 11 is 1.99. The van der Waals surface area contributed by atoms with E-state index >= 15 is 0 Å². The number of hydrogen-bond acceptors (Lipinski definition) is 4. The molecule has 0 spiro atoms. The fraction of sp³-hybridized carbons (Fsp3) is 0.471. The maximum Gasteiger partial charge on any atom is 0.0821 e. The Morgan fingerprint density at radius 2 is 2.29 bits per heavy atom. The largest absolute Gasteiger partial charge is 0.375 e. The van der Waals surface area contributed by atoms with E-state index in [1.807, 2.05) is 24.0 Å². The zero-order chi connectivity index (χ0) is 14.5. The van der Waals surface area contributed by atoms with E-state index in [0.717, 1.165) is 36.6 Å². The average Bonchev–Trinajstić information content (AvgIpc) is 2.55. The molecule has 3 nitrogen and oxygen atoms in total. The van der Waals surface area contributed by atoms with Crippen LogP contribution in [0, 0.1) is 0 Å². The number of fused-ring (bicyclic) bond motifs is 1. The van der Waals surface area contributed by atoms with E-state index in [9.17, 15) is 0 Å². The van der Waals surface area contributed by atoms with Gasteiger partial charge in [-0.3, -0.25) is 4.98 Å². The quantitative estimate of drug-likeness (QED) is 0.921. The van der Waals surface area contributed by atoms with Crippen molar-refractivity contribution in [3.8, 4) is 0 Å². The lowest BCUT2D eigenvalue weighted by Gasteiger charge is -2.31. The molecule has 1 fully saturated rings. The minimum Gasteiger partial charge on any atom is -0.375 e. The second-order valence-electron chi connectivity index (χ2n) is 5.34. The third-order valence-electron chi connectivity index (χ3n) is 3.94. The molecule has 112 valence electrons. The number of nitrogens with one attached hydrogen (secondary N) is 1. The zero-order valence-corrected chi connectivity index (χ0v) is 13.2. The summed E-state index contributed by atoms with van der Waals surface area (Å²) in [6, 6.07) is 10.9. The Labute approximate surface area is 130 Å². The Morgan fingerprint density at radius 1 is 1.38 bits per heavy atom. The van der Waals surface area contributed by atoms with Crippen LogP contribution in [0.25, 0.3) is 10.9 Å². The molecule has 0 bridgehead atoms. The minimum absolute atomic E-state index is 0.302. The van der Waals surface area contributed by atoms with Crippen molar-refractivity contribution in [3.05, 3.63) is 42.1 Å². The van der Waals surface area contributed by atoms with Gasteiger partial charge >= 0.3 is 0 Å². The van der Waals surface area contributed by atoms with Crippen LogP contribution in [0.3, 0.4) is 0 Å². The molecule has 0 saturated carbocycles. The molecule has 2 atom stereocenters. The molecule has 0 aliphatic carbocycles. The standard InChI is InChI=1S/C17H22N2OS/c1-2-18-16(17-12-21-10-9-20-17)11-13-7-8-19-15-6-4-3-5-14(13)15/h3-8,16-18H,2,9-12H2,1H3. The number of likely N-dealkylation sites (N-methyl/N-ethyl adjacent to an activating group) is 1. The number of nitrogens with zero attached hydrogens (tertiary/aromatic N) is 1. The first kappa shape index (κ1) is 14.8.